The number of anilines is 1. The van der Waals surface area contributed by atoms with Gasteiger partial charge in [0.25, 0.3) is 0 Å². The lowest BCUT2D eigenvalue weighted by Gasteiger charge is -2.35. The van der Waals surface area contributed by atoms with Crippen LogP contribution in [0.15, 0.2) is 30.6 Å². The molecule has 156 valence electrons. The van der Waals surface area contributed by atoms with Crippen molar-refractivity contribution in [1.29, 1.82) is 0 Å². The summed E-state index contributed by atoms with van der Waals surface area (Å²) in [6.07, 6.45) is 6.00. The van der Waals surface area contributed by atoms with Crippen LogP contribution in [0.25, 0.3) is 27.9 Å². The fourth-order valence-corrected chi connectivity index (χ4v) is 4.05. The first-order valence-corrected chi connectivity index (χ1v) is 10.3. The lowest BCUT2D eigenvalue weighted by atomic mass is 9.87. The highest BCUT2D eigenvalue weighted by atomic mass is 16.5. The first-order valence-electron chi connectivity index (χ1n) is 10.3. The van der Waals surface area contributed by atoms with E-state index in [9.17, 15) is 0 Å². The Morgan fingerprint density at radius 1 is 1.17 bits per heavy atom. The van der Waals surface area contributed by atoms with Gasteiger partial charge < -0.3 is 19.9 Å². The number of methoxy groups -OCH3 is 1. The predicted octanol–water partition coefficient (Wildman–Crippen LogP) is 2.26. The van der Waals surface area contributed by atoms with Crippen LogP contribution < -0.4 is 10.6 Å². The highest BCUT2D eigenvalue weighted by Crippen LogP contribution is 2.27. The molecule has 4 aromatic heterocycles. The van der Waals surface area contributed by atoms with Crippen LogP contribution in [0, 0.1) is 6.92 Å². The van der Waals surface area contributed by atoms with Gasteiger partial charge in [0.1, 0.15) is 11.3 Å². The Bertz CT molecular complexity index is 1190. The molecule has 0 aromatic carbocycles. The number of aromatic nitrogens is 6. The minimum atomic E-state index is 0.426. The van der Waals surface area contributed by atoms with Crippen molar-refractivity contribution in [3.8, 4) is 11.3 Å². The van der Waals surface area contributed by atoms with Gasteiger partial charge in [-0.2, -0.15) is 0 Å². The molecule has 9 heteroatoms. The van der Waals surface area contributed by atoms with E-state index in [0.29, 0.717) is 24.6 Å². The molecule has 0 atom stereocenters. The number of hydrogen-bond donors (Lipinski definition) is 2. The zero-order valence-electron chi connectivity index (χ0n) is 17.5. The smallest absolute Gasteiger partial charge is 0.241 e. The number of ether oxygens (including phenoxy) is 1. The van der Waals surface area contributed by atoms with Crippen molar-refractivity contribution in [3.05, 3.63) is 36.4 Å². The molecule has 1 saturated carbocycles. The van der Waals surface area contributed by atoms with Gasteiger partial charge in [0.05, 0.1) is 24.0 Å². The maximum absolute atomic E-state index is 5.24. The average molecular weight is 406 g/mol. The first kappa shape index (κ1) is 19.0. The molecule has 9 nitrogen and oxygen atoms in total. The summed E-state index contributed by atoms with van der Waals surface area (Å²) in [4.78, 5) is 14.1. The predicted molar refractivity (Wildman–Crippen MR) is 116 cm³/mol. The Balaban J connectivity index is 1.45. The van der Waals surface area contributed by atoms with Crippen molar-refractivity contribution < 1.29 is 4.74 Å². The topological polar surface area (TPSA) is 94.2 Å². The van der Waals surface area contributed by atoms with E-state index in [1.54, 1.807) is 7.11 Å². The van der Waals surface area contributed by atoms with E-state index in [-0.39, 0.29) is 0 Å². The van der Waals surface area contributed by atoms with Gasteiger partial charge >= 0.3 is 0 Å². The maximum atomic E-state index is 5.24. The van der Waals surface area contributed by atoms with Crippen LogP contribution in [0.2, 0.25) is 0 Å². The van der Waals surface area contributed by atoms with Gasteiger partial charge in [0.15, 0.2) is 5.65 Å². The van der Waals surface area contributed by atoms with Crippen molar-refractivity contribution in [2.45, 2.75) is 38.4 Å². The van der Waals surface area contributed by atoms with Gasteiger partial charge in [-0.15, -0.1) is 5.10 Å². The van der Waals surface area contributed by atoms with Gasteiger partial charge in [-0.1, -0.05) is 0 Å². The number of nitrogens with zero attached hydrogens (tertiary/aromatic N) is 6. The van der Waals surface area contributed by atoms with Crippen LogP contribution in [0.5, 0.6) is 0 Å². The maximum Gasteiger partial charge on any atom is 0.241 e. The van der Waals surface area contributed by atoms with Gasteiger partial charge in [-0.3, -0.25) is 0 Å². The molecule has 4 heterocycles. The Morgan fingerprint density at radius 3 is 2.83 bits per heavy atom. The molecule has 2 N–H and O–H groups in total. The summed E-state index contributed by atoms with van der Waals surface area (Å²) < 4.78 is 9.19. The van der Waals surface area contributed by atoms with Crippen LogP contribution in [0.1, 0.15) is 18.7 Å². The minimum absolute atomic E-state index is 0.426. The molecule has 4 aromatic rings. The molecule has 0 bridgehead atoms. The number of imidazole rings is 1. The summed E-state index contributed by atoms with van der Waals surface area (Å²) in [6.45, 7) is 3.33. The fraction of sp³-hybridized carbons (Fsp3) is 0.429. The largest absolute Gasteiger partial charge is 0.383 e. The van der Waals surface area contributed by atoms with Gasteiger partial charge in [0, 0.05) is 37.5 Å². The molecular formula is C21H26N8O. The second-order valence-corrected chi connectivity index (χ2v) is 7.78. The number of rotatable bonds is 7. The summed E-state index contributed by atoms with van der Waals surface area (Å²) in [5, 5.41) is 11.3. The van der Waals surface area contributed by atoms with Crippen LogP contribution >= 0.6 is 0 Å². The third-order valence-electron chi connectivity index (χ3n) is 5.87. The second-order valence-electron chi connectivity index (χ2n) is 7.78. The molecule has 0 aliphatic heterocycles. The van der Waals surface area contributed by atoms with Gasteiger partial charge in [0.2, 0.25) is 5.95 Å². The van der Waals surface area contributed by atoms with Crippen LogP contribution in [-0.4, -0.2) is 62.0 Å². The highest BCUT2D eigenvalue weighted by Gasteiger charge is 2.28. The third-order valence-corrected chi connectivity index (χ3v) is 5.87. The molecule has 0 spiro atoms. The number of nitrogens with one attached hydrogen (secondary N) is 2. The SMILES string of the molecule is CN[C@H]1C[C@@H](Nc2ncc3c(-c4ccc5nc(C)n(CCOC)c5n4)ccn3n2)C1. The Morgan fingerprint density at radius 2 is 2.03 bits per heavy atom. The van der Waals surface area contributed by atoms with Crippen LogP contribution in [0.3, 0.4) is 0 Å². The number of hydrogen-bond acceptors (Lipinski definition) is 7. The standard InChI is InChI=1S/C21H26N8O/c1-13-24-18-5-4-17(26-20(18)28(13)8-9-30-3)16-6-7-29-19(16)12-23-21(27-29)25-15-10-14(11-15)22-2/h4-7,12,14-15,22H,8-11H2,1-3H3,(H,25,27)/t14-,15+. The van der Waals surface area contributed by atoms with E-state index in [0.717, 1.165) is 53.1 Å². The molecular weight excluding hydrogens is 380 g/mol. The molecule has 1 aliphatic carbocycles. The lowest BCUT2D eigenvalue weighted by Crippen LogP contribution is -2.46. The molecule has 0 amide bonds. The molecule has 1 aliphatic rings. The van der Waals surface area contributed by atoms with Crippen molar-refractivity contribution in [1.82, 2.24) is 34.4 Å². The van der Waals surface area contributed by atoms with Crippen LogP contribution in [0.4, 0.5) is 5.95 Å². The molecule has 0 unspecified atom stereocenters. The quantitative estimate of drug-likeness (QED) is 0.486. The third kappa shape index (κ3) is 3.29. The van der Waals surface area contributed by atoms with E-state index >= 15 is 0 Å². The molecule has 5 rings (SSSR count). The summed E-state index contributed by atoms with van der Waals surface area (Å²) >= 11 is 0. The van der Waals surface area contributed by atoms with Crippen LogP contribution in [-0.2, 0) is 11.3 Å². The number of fused-ring (bicyclic) bond motifs is 2. The monoisotopic (exact) mass is 406 g/mol. The van der Waals surface area contributed by atoms with Gasteiger partial charge in [-0.25, -0.2) is 19.5 Å². The Labute approximate surface area is 174 Å². The zero-order valence-corrected chi connectivity index (χ0v) is 17.5. The summed E-state index contributed by atoms with van der Waals surface area (Å²) in [7, 11) is 3.70. The zero-order chi connectivity index (χ0) is 20.7. The molecule has 1 fully saturated rings. The molecule has 30 heavy (non-hydrogen) atoms. The summed E-state index contributed by atoms with van der Waals surface area (Å²) in [6, 6.07) is 7.07. The van der Waals surface area contributed by atoms with Crippen molar-refractivity contribution in [2.75, 3.05) is 26.1 Å². The summed E-state index contributed by atoms with van der Waals surface area (Å²) in [5.74, 6) is 1.59. The fourth-order valence-electron chi connectivity index (χ4n) is 4.05. The van der Waals surface area contributed by atoms with Crippen molar-refractivity contribution >= 4 is 22.6 Å². The number of pyridine rings is 1. The normalized spacial score (nSPS) is 18.8. The first-order chi connectivity index (χ1) is 14.7. The molecule has 0 radical (unpaired) electrons. The second kappa shape index (κ2) is 7.66. The van der Waals surface area contributed by atoms with E-state index in [4.69, 9.17) is 9.72 Å². The summed E-state index contributed by atoms with van der Waals surface area (Å²) in [5.41, 5.74) is 4.56. The van der Waals surface area contributed by atoms with Crippen molar-refractivity contribution in [3.63, 3.8) is 0 Å². The van der Waals surface area contributed by atoms with E-state index in [2.05, 4.69) is 30.3 Å². The Hall–Kier alpha value is -3.04. The van der Waals surface area contributed by atoms with Crippen molar-refractivity contribution in [2.24, 2.45) is 0 Å². The van der Waals surface area contributed by atoms with E-state index in [1.807, 2.05) is 49.1 Å². The van der Waals surface area contributed by atoms with E-state index in [1.165, 1.54) is 0 Å². The molecule has 0 saturated heterocycles. The highest BCUT2D eigenvalue weighted by molar-refractivity contribution is 5.82. The van der Waals surface area contributed by atoms with Gasteiger partial charge in [-0.05, 0) is 45.0 Å². The lowest BCUT2D eigenvalue weighted by molar-refractivity contribution is 0.187. The Kier molecular flexibility index (Phi) is 4.84. The van der Waals surface area contributed by atoms with E-state index < -0.39 is 0 Å². The average Bonchev–Trinajstić information content (AvgIpc) is 3.28. The minimum Gasteiger partial charge on any atom is -0.383 e. The number of aryl methyl sites for hydroxylation is 1.